The molecule has 0 aliphatic heterocycles. The number of ether oxygens (including phenoxy) is 1. The van der Waals surface area contributed by atoms with Crippen molar-refractivity contribution >= 4 is 27.3 Å². The Labute approximate surface area is 126 Å². The van der Waals surface area contributed by atoms with Gasteiger partial charge in [0.2, 0.25) is 0 Å². The smallest absolute Gasteiger partial charge is 0.124 e. The lowest BCUT2D eigenvalue weighted by Crippen LogP contribution is -2.22. The number of rotatable bonds is 6. The summed E-state index contributed by atoms with van der Waals surface area (Å²) in [4.78, 5) is 0. The van der Waals surface area contributed by atoms with Gasteiger partial charge < -0.3 is 10.1 Å². The lowest BCUT2D eigenvalue weighted by Gasteiger charge is -2.21. The van der Waals surface area contributed by atoms with Crippen LogP contribution in [0.1, 0.15) is 31.0 Å². The molecule has 0 aliphatic carbocycles. The molecule has 1 atom stereocenters. The number of hydrogen-bond donors (Lipinski definition) is 1. The molecule has 2 rings (SSSR count). The summed E-state index contributed by atoms with van der Waals surface area (Å²) in [5.74, 6) is 0.947. The fourth-order valence-electron chi connectivity index (χ4n) is 2.08. The van der Waals surface area contributed by atoms with Crippen LogP contribution in [0.25, 0.3) is 0 Å². The van der Waals surface area contributed by atoms with Crippen LogP contribution in [0.5, 0.6) is 5.75 Å². The Morgan fingerprint density at radius 2 is 2.16 bits per heavy atom. The van der Waals surface area contributed by atoms with Gasteiger partial charge in [0.1, 0.15) is 5.75 Å². The van der Waals surface area contributed by atoms with Crippen LogP contribution >= 0.6 is 27.3 Å². The zero-order valence-electron chi connectivity index (χ0n) is 11.2. The van der Waals surface area contributed by atoms with Gasteiger partial charge in [0.15, 0.2) is 0 Å². The monoisotopic (exact) mass is 339 g/mol. The molecule has 2 nitrogen and oxygen atoms in total. The van der Waals surface area contributed by atoms with Crippen molar-refractivity contribution in [2.45, 2.75) is 19.9 Å². The van der Waals surface area contributed by atoms with Gasteiger partial charge >= 0.3 is 0 Å². The molecule has 0 saturated heterocycles. The van der Waals surface area contributed by atoms with Crippen LogP contribution in [0, 0.1) is 0 Å². The highest BCUT2D eigenvalue weighted by Crippen LogP contribution is 2.33. The Balaban J connectivity index is 2.43. The summed E-state index contributed by atoms with van der Waals surface area (Å²) in [6, 6.07) is 8.52. The summed E-state index contributed by atoms with van der Waals surface area (Å²) in [5, 5.41) is 7.83. The first kappa shape index (κ1) is 14.6. The van der Waals surface area contributed by atoms with Gasteiger partial charge in [-0.2, -0.15) is 11.3 Å². The molecule has 0 fully saturated rings. The summed E-state index contributed by atoms with van der Waals surface area (Å²) in [6.07, 6.45) is 0. The van der Waals surface area contributed by atoms with E-state index < -0.39 is 0 Å². The molecule has 1 unspecified atom stereocenters. The average Bonchev–Trinajstić information content (AvgIpc) is 2.92. The predicted octanol–water partition coefficient (Wildman–Crippen LogP) is 4.61. The molecule has 1 N–H and O–H groups in total. The average molecular weight is 340 g/mol. The maximum absolute atomic E-state index is 5.76. The van der Waals surface area contributed by atoms with Crippen LogP contribution in [0.15, 0.2) is 39.5 Å². The van der Waals surface area contributed by atoms with E-state index >= 15 is 0 Å². The molecule has 102 valence electrons. The van der Waals surface area contributed by atoms with E-state index in [9.17, 15) is 0 Å². The molecular formula is C15H18BrNOS. The number of thiophene rings is 1. The Kier molecular flexibility index (Phi) is 5.43. The minimum absolute atomic E-state index is 0.176. The molecule has 1 aromatic heterocycles. The SMILES string of the molecule is CCNC(c1ccsc1)c1cc(Br)ccc1OCC. The van der Waals surface area contributed by atoms with Gasteiger partial charge in [0.05, 0.1) is 12.6 Å². The second-order valence-electron chi connectivity index (χ2n) is 4.16. The number of hydrogen-bond acceptors (Lipinski definition) is 3. The molecule has 1 heterocycles. The van der Waals surface area contributed by atoms with E-state index in [2.05, 4.69) is 51.1 Å². The lowest BCUT2D eigenvalue weighted by atomic mass is 10.0. The van der Waals surface area contributed by atoms with Gasteiger partial charge in [-0.1, -0.05) is 22.9 Å². The van der Waals surface area contributed by atoms with Crippen LogP contribution in [-0.4, -0.2) is 13.2 Å². The van der Waals surface area contributed by atoms with Gasteiger partial charge in [-0.15, -0.1) is 0 Å². The fourth-order valence-corrected chi connectivity index (χ4v) is 3.15. The van der Waals surface area contributed by atoms with E-state index in [0.717, 1.165) is 16.8 Å². The normalized spacial score (nSPS) is 12.4. The second-order valence-corrected chi connectivity index (χ2v) is 5.86. The van der Waals surface area contributed by atoms with E-state index in [1.807, 2.05) is 19.1 Å². The minimum atomic E-state index is 0.176. The number of benzene rings is 1. The fraction of sp³-hybridized carbons (Fsp3) is 0.333. The Hall–Kier alpha value is -0.840. The molecule has 0 aliphatic rings. The highest BCUT2D eigenvalue weighted by atomic mass is 79.9. The van der Waals surface area contributed by atoms with Crippen molar-refractivity contribution < 1.29 is 4.74 Å². The van der Waals surface area contributed by atoms with Crippen molar-refractivity contribution in [2.24, 2.45) is 0 Å². The summed E-state index contributed by atoms with van der Waals surface area (Å²) >= 11 is 5.27. The highest BCUT2D eigenvalue weighted by molar-refractivity contribution is 9.10. The zero-order chi connectivity index (χ0) is 13.7. The summed E-state index contributed by atoms with van der Waals surface area (Å²) < 4.78 is 6.83. The Morgan fingerprint density at radius 3 is 2.79 bits per heavy atom. The summed E-state index contributed by atoms with van der Waals surface area (Å²) in [7, 11) is 0. The first-order valence-corrected chi connectivity index (χ1v) is 8.17. The van der Waals surface area contributed by atoms with Crippen LogP contribution in [0.3, 0.4) is 0 Å². The van der Waals surface area contributed by atoms with Crippen LogP contribution < -0.4 is 10.1 Å². The van der Waals surface area contributed by atoms with Gasteiger partial charge in [-0.25, -0.2) is 0 Å². The predicted molar refractivity (Wildman–Crippen MR) is 85.1 cm³/mol. The van der Waals surface area contributed by atoms with Crippen LogP contribution in [0.4, 0.5) is 0 Å². The van der Waals surface area contributed by atoms with Gasteiger partial charge in [-0.05, 0) is 54.1 Å². The van der Waals surface area contributed by atoms with E-state index in [4.69, 9.17) is 4.74 Å². The molecule has 0 amide bonds. The van der Waals surface area contributed by atoms with E-state index in [-0.39, 0.29) is 6.04 Å². The maximum Gasteiger partial charge on any atom is 0.124 e. The van der Waals surface area contributed by atoms with Crippen molar-refractivity contribution in [1.29, 1.82) is 0 Å². The molecule has 0 bridgehead atoms. The van der Waals surface area contributed by atoms with Crippen LogP contribution in [0.2, 0.25) is 0 Å². The third kappa shape index (κ3) is 3.59. The molecule has 0 radical (unpaired) electrons. The molecule has 4 heteroatoms. The van der Waals surface area contributed by atoms with Crippen molar-refractivity contribution in [3.05, 3.63) is 50.6 Å². The third-order valence-corrected chi connectivity index (χ3v) is 4.06. The van der Waals surface area contributed by atoms with E-state index in [1.54, 1.807) is 11.3 Å². The minimum Gasteiger partial charge on any atom is -0.494 e. The van der Waals surface area contributed by atoms with Crippen molar-refractivity contribution in [3.63, 3.8) is 0 Å². The standard InChI is InChI=1S/C15H18BrNOS/c1-3-17-15(11-7-8-19-10-11)13-9-12(16)5-6-14(13)18-4-2/h5-10,15,17H,3-4H2,1-2H3. The van der Waals surface area contributed by atoms with Crippen molar-refractivity contribution in [1.82, 2.24) is 5.32 Å². The van der Waals surface area contributed by atoms with Gasteiger partial charge in [0, 0.05) is 10.0 Å². The largest absolute Gasteiger partial charge is 0.494 e. The van der Waals surface area contributed by atoms with Crippen LogP contribution in [-0.2, 0) is 0 Å². The first-order chi connectivity index (χ1) is 9.26. The first-order valence-electron chi connectivity index (χ1n) is 6.44. The van der Waals surface area contributed by atoms with Gasteiger partial charge in [-0.3, -0.25) is 0 Å². The topological polar surface area (TPSA) is 21.3 Å². The molecule has 0 spiro atoms. The molecular weight excluding hydrogens is 322 g/mol. The van der Waals surface area contributed by atoms with E-state index in [0.29, 0.717) is 6.61 Å². The Morgan fingerprint density at radius 1 is 1.32 bits per heavy atom. The number of nitrogens with one attached hydrogen (secondary N) is 1. The molecule has 19 heavy (non-hydrogen) atoms. The van der Waals surface area contributed by atoms with Crippen molar-refractivity contribution in [3.8, 4) is 5.75 Å². The zero-order valence-corrected chi connectivity index (χ0v) is 13.6. The maximum atomic E-state index is 5.76. The second kappa shape index (κ2) is 7.08. The molecule has 2 aromatic rings. The quantitative estimate of drug-likeness (QED) is 0.829. The van der Waals surface area contributed by atoms with E-state index in [1.165, 1.54) is 11.1 Å². The van der Waals surface area contributed by atoms with Gasteiger partial charge in [0.25, 0.3) is 0 Å². The molecule has 0 saturated carbocycles. The lowest BCUT2D eigenvalue weighted by molar-refractivity contribution is 0.333. The summed E-state index contributed by atoms with van der Waals surface area (Å²) in [6.45, 7) is 5.73. The third-order valence-electron chi connectivity index (χ3n) is 2.87. The number of halogens is 1. The Bertz CT molecular complexity index is 513. The molecule has 1 aromatic carbocycles. The summed E-state index contributed by atoms with van der Waals surface area (Å²) in [5.41, 5.74) is 2.46. The van der Waals surface area contributed by atoms with Crippen molar-refractivity contribution in [2.75, 3.05) is 13.2 Å². The highest BCUT2D eigenvalue weighted by Gasteiger charge is 2.18.